The molecule has 1 heteroatoms. The minimum absolute atomic E-state index is 0.216. The number of hydrogen-bond donors (Lipinski definition) is 0. The first-order chi connectivity index (χ1) is 23.5. The highest BCUT2D eigenvalue weighted by Gasteiger charge is 2.39. The largest absolute Gasteiger partial charge is 0.456 e. The molecule has 1 aliphatic rings. The Kier molecular flexibility index (Phi) is 4.97. The van der Waals surface area contributed by atoms with Crippen LogP contribution in [0.4, 0.5) is 0 Å². The van der Waals surface area contributed by atoms with Crippen molar-refractivity contribution in [1.82, 2.24) is 0 Å². The highest BCUT2D eigenvalue weighted by Crippen LogP contribution is 2.56. The lowest BCUT2D eigenvalue weighted by Crippen LogP contribution is -2.16. The van der Waals surface area contributed by atoms with Crippen LogP contribution in [0.1, 0.15) is 25.0 Å². The molecule has 10 aromatic rings. The smallest absolute Gasteiger partial charge is 0.136 e. The van der Waals surface area contributed by atoms with E-state index in [-0.39, 0.29) is 5.41 Å². The zero-order valence-electron chi connectivity index (χ0n) is 26.8. The fourth-order valence-corrected chi connectivity index (χ4v) is 8.97. The molecule has 1 aliphatic carbocycles. The summed E-state index contributed by atoms with van der Waals surface area (Å²) in [4.78, 5) is 0. The molecule has 0 aliphatic heterocycles. The summed E-state index contributed by atoms with van der Waals surface area (Å²) in [5.41, 5.74) is 12.1. The first-order valence-electron chi connectivity index (χ1n) is 16.8. The Balaban J connectivity index is 1.15. The molecule has 0 atom stereocenters. The zero-order chi connectivity index (χ0) is 31.7. The highest BCUT2D eigenvalue weighted by atomic mass is 16.3. The summed E-state index contributed by atoms with van der Waals surface area (Å²) in [5.74, 6) is 0. The van der Waals surface area contributed by atoms with E-state index in [1.807, 2.05) is 6.07 Å². The maximum absolute atomic E-state index is 6.38. The van der Waals surface area contributed by atoms with Crippen molar-refractivity contribution in [2.24, 2.45) is 0 Å². The SMILES string of the molecule is CC1(C)c2cc(-c3ccc4ccc5cccc6ccc3c4c56)ccc2-c2c1c(-c1ccc3c(c1)oc1ccccc13)cc1ccccc21. The third-order valence-electron chi connectivity index (χ3n) is 11.2. The predicted molar refractivity (Wildman–Crippen MR) is 203 cm³/mol. The minimum Gasteiger partial charge on any atom is -0.456 e. The quantitative estimate of drug-likeness (QED) is 0.178. The van der Waals surface area contributed by atoms with Gasteiger partial charge in [0.2, 0.25) is 0 Å². The predicted octanol–water partition coefficient (Wildman–Crippen LogP) is 13.3. The van der Waals surface area contributed by atoms with Gasteiger partial charge >= 0.3 is 0 Å². The van der Waals surface area contributed by atoms with Gasteiger partial charge in [-0.2, -0.15) is 0 Å². The molecule has 224 valence electrons. The molecule has 0 radical (unpaired) electrons. The van der Waals surface area contributed by atoms with Gasteiger partial charge in [-0.15, -0.1) is 0 Å². The van der Waals surface area contributed by atoms with Crippen molar-refractivity contribution in [2.45, 2.75) is 19.3 Å². The summed E-state index contributed by atoms with van der Waals surface area (Å²) in [6.45, 7) is 4.81. The lowest BCUT2D eigenvalue weighted by molar-refractivity contribution is 0.662. The molecular formula is C47H30O. The van der Waals surface area contributed by atoms with Crippen molar-refractivity contribution in [2.75, 3.05) is 0 Å². The van der Waals surface area contributed by atoms with E-state index in [0.29, 0.717) is 0 Å². The van der Waals surface area contributed by atoms with E-state index in [0.717, 1.165) is 21.9 Å². The topological polar surface area (TPSA) is 13.1 Å². The van der Waals surface area contributed by atoms with Crippen LogP contribution in [0.2, 0.25) is 0 Å². The van der Waals surface area contributed by atoms with E-state index >= 15 is 0 Å². The zero-order valence-corrected chi connectivity index (χ0v) is 26.8. The van der Waals surface area contributed by atoms with E-state index in [2.05, 4.69) is 153 Å². The van der Waals surface area contributed by atoms with Gasteiger partial charge in [-0.3, -0.25) is 0 Å². The summed E-state index contributed by atoms with van der Waals surface area (Å²) in [6.07, 6.45) is 0. The van der Waals surface area contributed by atoms with Crippen molar-refractivity contribution >= 4 is 65.0 Å². The van der Waals surface area contributed by atoms with Crippen molar-refractivity contribution in [3.63, 3.8) is 0 Å². The van der Waals surface area contributed by atoms with Gasteiger partial charge in [0.1, 0.15) is 11.2 Å². The second-order valence-corrected chi connectivity index (χ2v) is 14.1. The summed E-state index contributed by atoms with van der Waals surface area (Å²) >= 11 is 0. The molecule has 1 nitrogen and oxygen atoms in total. The Labute approximate surface area is 278 Å². The highest BCUT2D eigenvalue weighted by molar-refractivity contribution is 6.25. The van der Waals surface area contributed by atoms with E-state index in [4.69, 9.17) is 4.42 Å². The Hall–Kier alpha value is -5.92. The number of fused-ring (bicyclic) bond motifs is 8. The van der Waals surface area contributed by atoms with Crippen LogP contribution in [-0.2, 0) is 5.41 Å². The number of hydrogen-bond acceptors (Lipinski definition) is 1. The van der Waals surface area contributed by atoms with Crippen LogP contribution in [0, 0.1) is 0 Å². The van der Waals surface area contributed by atoms with Gasteiger partial charge in [0.25, 0.3) is 0 Å². The Morgan fingerprint density at radius 1 is 0.417 bits per heavy atom. The average molecular weight is 611 g/mol. The van der Waals surface area contributed by atoms with Crippen molar-refractivity contribution in [3.05, 3.63) is 157 Å². The average Bonchev–Trinajstić information content (AvgIpc) is 3.61. The van der Waals surface area contributed by atoms with Crippen molar-refractivity contribution in [1.29, 1.82) is 0 Å². The summed E-state index contributed by atoms with van der Waals surface area (Å²) < 4.78 is 6.38. The first kappa shape index (κ1) is 26.2. The number of para-hydroxylation sites is 1. The fraction of sp³-hybridized carbons (Fsp3) is 0.0638. The molecule has 0 bridgehead atoms. The molecule has 0 spiro atoms. The molecule has 0 fully saturated rings. The maximum atomic E-state index is 6.38. The Bertz CT molecular complexity index is 2960. The van der Waals surface area contributed by atoms with Gasteiger partial charge in [-0.25, -0.2) is 0 Å². The van der Waals surface area contributed by atoms with E-state index in [1.54, 1.807) is 0 Å². The third kappa shape index (κ3) is 3.35. The molecule has 1 heterocycles. The van der Waals surface area contributed by atoms with Crippen LogP contribution in [0.3, 0.4) is 0 Å². The Morgan fingerprint density at radius 2 is 1.04 bits per heavy atom. The Morgan fingerprint density at radius 3 is 1.92 bits per heavy atom. The third-order valence-corrected chi connectivity index (χ3v) is 11.2. The maximum Gasteiger partial charge on any atom is 0.136 e. The van der Waals surface area contributed by atoms with Crippen molar-refractivity contribution < 1.29 is 4.42 Å². The van der Waals surface area contributed by atoms with Crippen LogP contribution >= 0.6 is 0 Å². The van der Waals surface area contributed by atoms with Crippen LogP contribution in [0.25, 0.3) is 98.4 Å². The molecule has 1 aromatic heterocycles. The molecule has 48 heavy (non-hydrogen) atoms. The second kappa shape index (κ2) is 9.12. The van der Waals surface area contributed by atoms with Gasteiger partial charge in [0, 0.05) is 16.2 Å². The van der Waals surface area contributed by atoms with E-state index in [1.165, 1.54) is 87.6 Å². The lowest BCUT2D eigenvalue weighted by Gasteiger charge is -2.26. The van der Waals surface area contributed by atoms with Crippen LogP contribution in [0.5, 0.6) is 0 Å². The van der Waals surface area contributed by atoms with Gasteiger partial charge in [0.05, 0.1) is 0 Å². The van der Waals surface area contributed by atoms with Crippen LogP contribution in [0.15, 0.2) is 150 Å². The molecule has 0 amide bonds. The monoisotopic (exact) mass is 610 g/mol. The summed E-state index contributed by atoms with van der Waals surface area (Å²) in [6, 6.07) is 53.9. The molecule has 11 rings (SSSR count). The molecule has 0 saturated carbocycles. The lowest BCUT2D eigenvalue weighted by atomic mass is 9.77. The van der Waals surface area contributed by atoms with Crippen LogP contribution < -0.4 is 0 Å². The number of benzene rings is 9. The van der Waals surface area contributed by atoms with Crippen molar-refractivity contribution in [3.8, 4) is 33.4 Å². The van der Waals surface area contributed by atoms with E-state index in [9.17, 15) is 0 Å². The van der Waals surface area contributed by atoms with Crippen LogP contribution in [-0.4, -0.2) is 0 Å². The van der Waals surface area contributed by atoms with Gasteiger partial charge in [-0.1, -0.05) is 129 Å². The van der Waals surface area contributed by atoms with Gasteiger partial charge in [0.15, 0.2) is 0 Å². The minimum atomic E-state index is -0.216. The fourth-order valence-electron chi connectivity index (χ4n) is 8.97. The molecule has 0 N–H and O–H groups in total. The normalized spacial score (nSPS) is 13.8. The van der Waals surface area contributed by atoms with Gasteiger partial charge in [-0.05, 0) is 118 Å². The number of furan rings is 1. The summed E-state index contributed by atoms with van der Waals surface area (Å²) in [5, 5.41) is 12.8. The molecular weight excluding hydrogens is 581 g/mol. The number of rotatable bonds is 2. The standard InChI is InChI=1S/C47H30O/c1-47(2)40-25-31(33-20-16-29-15-14-27-9-7-10-28-17-22-37(33)44(29)43(27)28)19-23-38(40)45-34-11-4-3-8-30(34)24-39(46(45)47)32-18-21-36-35-12-5-6-13-41(35)48-42(36)26-32/h3-26H,1-2H3. The first-order valence-corrected chi connectivity index (χ1v) is 16.8. The van der Waals surface area contributed by atoms with Gasteiger partial charge < -0.3 is 4.42 Å². The molecule has 0 saturated heterocycles. The van der Waals surface area contributed by atoms with E-state index < -0.39 is 0 Å². The molecule has 9 aromatic carbocycles. The molecule has 0 unspecified atom stereocenters. The summed E-state index contributed by atoms with van der Waals surface area (Å²) in [7, 11) is 0. The second-order valence-electron chi connectivity index (χ2n) is 14.1.